The van der Waals surface area contributed by atoms with Crippen molar-refractivity contribution >= 4 is 17.5 Å². The summed E-state index contributed by atoms with van der Waals surface area (Å²) in [6.07, 6.45) is 1.66. The maximum atomic E-state index is 12.6. The van der Waals surface area contributed by atoms with Gasteiger partial charge in [0.25, 0.3) is 5.91 Å². The Morgan fingerprint density at radius 1 is 1.13 bits per heavy atom. The third kappa shape index (κ3) is 5.01. The molecule has 0 saturated heterocycles. The zero-order valence-electron chi connectivity index (χ0n) is 18.0. The molecule has 0 saturated carbocycles. The normalized spacial score (nSPS) is 12.1. The van der Waals surface area contributed by atoms with Gasteiger partial charge in [0.1, 0.15) is 11.4 Å². The lowest BCUT2D eigenvalue weighted by atomic mass is 10.1. The molecule has 1 unspecified atom stereocenters. The second-order valence-corrected chi connectivity index (χ2v) is 7.81. The van der Waals surface area contributed by atoms with E-state index in [-0.39, 0.29) is 24.5 Å². The highest BCUT2D eigenvalue weighted by Gasteiger charge is 2.20. The zero-order chi connectivity index (χ0) is 21.8. The summed E-state index contributed by atoms with van der Waals surface area (Å²) in [5, 5.41) is 20.0. The molecule has 0 radical (unpaired) electrons. The van der Waals surface area contributed by atoms with Crippen LogP contribution in [0, 0.1) is 19.8 Å². The first-order valence-electron chi connectivity index (χ1n) is 9.91. The summed E-state index contributed by atoms with van der Waals surface area (Å²) >= 11 is 0. The Kier molecular flexibility index (Phi) is 6.47. The van der Waals surface area contributed by atoms with Gasteiger partial charge in [-0.25, -0.2) is 9.97 Å². The highest BCUT2D eigenvalue weighted by atomic mass is 16.3. The van der Waals surface area contributed by atoms with Crippen molar-refractivity contribution in [1.82, 2.24) is 25.1 Å². The fourth-order valence-corrected chi connectivity index (χ4v) is 3.21. The van der Waals surface area contributed by atoms with Gasteiger partial charge in [0, 0.05) is 18.9 Å². The van der Waals surface area contributed by atoms with Crippen LogP contribution in [0.4, 0.5) is 11.6 Å². The van der Waals surface area contributed by atoms with E-state index in [0.717, 1.165) is 16.8 Å². The van der Waals surface area contributed by atoms with Gasteiger partial charge in [0.2, 0.25) is 5.95 Å². The number of benzene rings is 1. The minimum absolute atomic E-state index is 0.118. The molecule has 0 spiro atoms. The summed E-state index contributed by atoms with van der Waals surface area (Å²) in [6, 6.07) is 9.28. The minimum Gasteiger partial charge on any atom is -0.394 e. The van der Waals surface area contributed by atoms with Crippen molar-refractivity contribution in [3.63, 3.8) is 0 Å². The lowest BCUT2D eigenvalue weighted by Crippen LogP contribution is -2.41. The molecular formula is C22H28N6O2. The molecule has 0 aliphatic heterocycles. The maximum Gasteiger partial charge on any atom is 0.269 e. The van der Waals surface area contributed by atoms with Crippen molar-refractivity contribution < 1.29 is 9.90 Å². The van der Waals surface area contributed by atoms with E-state index < -0.39 is 0 Å². The zero-order valence-corrected chi connectivity index (χ0v) is 18.0. The third-order valence-corrected chi connectivity index (χ3v) is 4.83. The van der Waals surface area contributed by atoms with Gasteiger partial charge in [-0.2, -0.15) is 5.10 Å². The van der Waals surface area contributed by atoms with Crippen LogP contribution >= 0.6 is 0 Å². The van der Waals surface area contributed by atoms with E-state index in [1.807, 2.05) is 39.8 Å². The number of rotatable bonds is 7. The van der Waals surface area contributed by atoms with E-state index in [9.17, 15) is 9.90 Å². The largest absolute Gasteiger partial charge is 0.394 e. The molecule has 2 heterocycles. The van der Waals surface area contributed by atoms with Crippen LogP contribution in [0.3, 0.4) is 0 Å². The highest BCUT2D eigenvalue weighted by molar-refractivity contribution is 5.93. The number of amides is 1. The first kappa shape index (κ1) is 21.4. The molecule has 1 amide bonds. The molecule has 0 aliphatic carbocycles. The average Bonchev–Trinajstić information content (AvgIpc) is 3.07. The van der Waals surface area contributed by atoms with Crippen molar-refractivity contribution in [2.75, 3.05) is 11.9 Å². The number of aryl methyl sites for hydroxylation is 3. The molecule has 0 bridgehead atoms. The first-order valence-corrected chi connectivity index (χ1v) is 9.91. The molecule has 2 aromatic heterocycles. The van der Waals surface area contributed by atoms with Crippen LogP contribution in [-0.4, -0.2) is 43.4 Å². The van der Waals surface area contributed by atoms with Crippen LogP contribution in [0.2, 0.25) is 0 Å². The van der Waals surface area contributed by atoms with E-state index in [1.54, 1.807) is 25.4 Å². The summed E-state index contributed by atoms with van der Waals surface area (Å²) < 4.78 is 1.51. The second kappa shape index (κ2) is 9.04. The summed E-state index contributed by atoms with van der Waals surface area (Å²) in [5.74, 6) is 0.286. The predicted octanol–water partition coefficient (Wildman–Crippen LogP) is 2.98. The summed E-state index contributed by atoms with van der Waals surface area (Å²) in [6.45, 7) is 7.85. The van der Waals surface area contributed by atoms with Crippen molar-refractivity contribution in [3.8, 4) is 11.4 Å². The van der Waals surface area contributed by atoms with E-state index in [0.29, 0.717) is 23.0 Å². The lowest BCUT2D eigenvalue weighted by molar-refractivity contribution is 0.0887. The van der Waals surface area contributed by atoms with Crippen molar-refractivity contribution in [1.29, 1.82) is 0 Å². The number of hydrogen-bond acceptors (Lipinski definition) is 6. The average molecular weight is 409 g/mol. The van der Waals surface area contributed by atoms with Crippen LogP contribution < -0.4 is 10.6 Å². The number of hydrogen-bond donors (Lipinski definition) is 3. The molecule has 8 heteroatoms. The van der Waals surface area contributed by atoms with Gasteiger partial charge >= 0.3 is 0 Å². The van der Waals surface area contributed by atoms with Crippen LogP contribution in [0.5, 0.6) is 0 Å². The molecule has 3 rings (SSSR count). The Hall–Kier alpha value is -3.26. The number of aromatic nitrogens is 4. The van der Waals surface area contributed by atoms with Crippen LogP contribution in [0.1, 0.15) is 35.5 Å². The standard InChI is InChI=1S/C22H28N6O2/c1-13(2)19(12-29)25-21(30)20-11-18(27-28(20)5)17-6-7-23-22(26-17)24-16-9-14(3)8-15(4)10-16/h6-11,13,19,29H,12H2,1-5H3,(H,25,30)(H,23,24,26). The van der Waals surface area contributed by atoms with Gasteiger partial charge < -0.3 is 15.7 Å². The number of aliphatic hydroxyl groups excluding tert-OH is 1. The molecule has 1 atom stereocenters. The van der Waals surface area contributed by atoms with E-state index in [4.69, 9.17) is 0 Å². The molecule has 0 fully saturated rings. The fraction of sp³-hybridized carbons (Fsp3) is 0.364. The van der Waals surface area contributed by atoms with Crippen molar-refractivity contribution in [2.45, 2.75) is 33.7 Å². The molecule has 3 aromatic rings. The minimum atomic E-state index is -0.316. The second-order valence-electron chi connectivity index (χ2n) is 7.81. The monoisotopic (exact) mass is 408 g/mol. The Labute approximate surface area is 176 Å². The number of nitrogens with zero attached hydrogens (tertiary/aromatic N) is 4. The van der Waals surface area contributed by atoms with Crippen molar-refractivity contribution in [3.05, 3.63) is 53.3 Å². The van der Waals surface area contributed by atoms with E-state index >= 15 is 0 Å². The maximum absolute atomic E-state index is 12.6. The van der Waals surface area contributed by atoms with Gasteiger partial charge in [-0.3, -0.25) is 9.48 Å². The summed E-state index contributed by atoms with van der Waals surface area (Å²) in [5.41, 5.74) is 4.78. The molecule has 3 N–H and O–H groups in total. The van der Waals surface area contributed by atoms with Crippen LogP contribution in [0.25, 0.3) is 11.4 Å². The smallest absolute Gasteiger partial charge is 0.269 e. The van der Waals surface area contributed by atoms with Crippen LogP contribution in [-0.2, 0) is 7.05 Å². The first-order chi connectivity index (χ1) is 14.3. The molecule has 0 aliphatic rings. The topological polar surface area (TPSA) is 105 Å². The molecule has 1 aromatic carbocycles. The summed E-state index contributed by atoms with van der Waals surface area (Å²) in [4.78, 5) is 21.5. The van der Waals surface area contributed by atoms with Gasteiger partial charge in [0.15, 0.2) is 0 Å². The van der Waals surface area contributed by atoms with E-state index in [1.165, 1.54) is 4.68 Å². The fourth-order valence-electron chi connectivity index (χ4n) is 3.21. The molecule has 158 valence electrons. The lowest BCUT2D eigenvalue weighted by Gasteiger charge is -2.19. The SMILES string of the molecule is Cc1cc(C)cc(Nc2nccc(-c3cc(C(=O)NC(CO)C(C)C)n(C)n3)n2)c1. The Morgan fingerprint density at radius 2 is 1.83 bits per heavy atom. The molecule has 30 heavy (non-hydrogen) atoms. The predicted molar refractivity (Wildman–Crippen MR) is 117 cm³/mol. The van der Waals surface area contributed by atoms with Gasteiger partial charge in [0.05, 0.1) is 18.3 Å². The number of carbonyl (C=O) groups excluding carboxylic acids is 1. The Balaban J connectivity index is 1.82. The van der Waals surface area contributed by atoms with Gasteiger partial charge in [-0.15, -0.1) is 0 Å². The number of carbonyl (C=O) groups is 1. The number of anilines is 2. The Bertz CT molecular complexity index is 1020. The van der Waals surface area contributed by atoms with E-state index in [2.05, 4.69) is 31.8 Å². The number of nitrogens with one attached hydrogen (secondary N) is 2. The highest BCUT2D eigenvalue weighted by Crippen LogP contribution is 2.21. The summed E-state index contributed by atoms with van der Waals surface area (Å²) in [7, 11) is 1.71. The Morgan fingerprint density at radius 3 is 2.47 bits per heavy atom. The number of aliphatic hydroxyl groups is 1. The van der Waals surface area contributed by atoms with Gasteiger partial charge in [-0.05, 0) is 55.2 Å². The quantitative estimate of drug-likeness (QED) is 0.555. The van der Waals surface area contributed by atoms with Crippen LogP contribution in [0.15, 0.2) is 36.5 Å². The molecular weight excluding hydrogens is 380 g/mol. The third-order valence-electron chi connectivity index (χ3n) is 4.83. The molecule has 8 nitrogen and oxygen atoms in total. The van der Waals surface area contributed by atoms with Gasteiger partial charge in [-0.1, -0.05) is 19.9 Å². The van der Waals surface area contributed by atoms with Crippen molar-refractivity contribution in [2.24, 2.45) is 13.0 Å².